The molecule has 3 aromatic carbocycles. The van der Waals surface area contributed by atoms with Crippen LogP contribution in [0.5, 0.6) is 11.5 Å². The third-order valence-electron chi connectivity index (χ3n) is 4.37. The number of hydrogen-bond acceptors (Lipinski definition) is 5. The zero-order valence-corrected chi connectivity index (χ0v) is 18.4. The van der Waals surface area contributed by atoms with Crippen LogP contribution in [0.4, 0.5) is 5.69 Å². The summed E-state index contributed by atoms with van der Waals surface area (Å²) in [6.07, 6.45) is 0. The van der Waals surface area contributed by atoms with Crippen LogP contribution in [0.25, 0.3) is 0 Å². The monoisotopic (exact) mass is 466 g/mol. The summed E-state index contributed by atoms with van der Waals surface area (Å²) in [6, 6.07) is 17.0. The molecule has 30 heavy (non-hydrogen) atoms. The number of methoxy groups -OCH3 is 1. The van der Waals surface area contributed by atoms with E-state index in [2.05, 4.69) is 5.32 Å². The van der Waals surface area contributed by atoms with Gasteiger partial charge in [-0.15, -0.1) is 0 Å². The molecule has 0 spiro atoms. The predicted molar refractivity (Wildman–Crippen MR) is 119 cm³/mol. The van der Waals surface area contributed by atoms with Crippen molar-refractivity contribution in [3.63, 3.8) is 0 Å². The zero-order valence-electron chi connectivity index (χ0n) is 16.1. The quantitative estimate of drug-likeness (QED) is 0.495. The first-order valence-corrected chi connectivity index (χ1v) is 11.2. The van der Waals surface area contributed by atoms with Gasteiger partial charge < -0.3 is 14.8 Å². The highest BCUT2D eigenvalue weighted by Gasteiger charge is 2.14. The molecular formula is C21H20Cl2N2O4S. The zero-order chi connectivity index (χ0) is 21.7. The highest BCUT2D eigenvalue weighted by atomic mass is 35.5. The van der Waals surface area contributed by atoms with E-state index in [1.165, 1.54) is 12.1 Å². The highest BCUT2D eigenvalue weighted by Crippen LogP contribution is 2.34. The molecule has 0 unspecified atom stereocenters. The van der Waals surface area contributed by atoms with Gasteiger partial charge in [-0.3, -0.25) is 0 Å². The van der Waals surface area contributed by atoms with Gasteiger partial charge in [0.15, 0.2) is 11.5 Å². The van der Waals surface area contributed by atoms with Gasteiger partial charge in [0.05, 0.1) is 12.0 Å². The van der Waals surface area contributed by atoms with Gasteiger partial charge >= 0.3 is 0 Å². The molecule has 0 aliphatic carbocycles. The fourth-order valence-electron chi connectivity index (χ4n) is 2.80. The number of primary sulfonamides is 1. The third kappa shape index (κ3) is 5.37. The molecule has 0 fully saturated rings. The van der Waals surface area contributed by atoms with Crippen LogP contribution in [0, 0.1) is 0 Å². The first-order chi connectivity index (χ1) is 14.3. The molecule has 0 amide bonds. The number of ether oxygens (including phenoxy) is 2. The second-order valence-electron chi connectivity index (χ2n) is 6.36. The first-order valence-electron chi connectivity index (χ1n) is 8.88. The lowest BCUT2D eigenvalue weighted by Crippen LogP contribution is -2.12. The predicted octanol–water partition coefficient (Wildman–Crippen LogP) is 4.84. The van der Waals surface area contributed by atoms with E-state index < -0.39 is 10.0 Å². The van der Waals surface area contributed by atoms with Crippen LogP contribution in [0.2, 0.25) is 10.0 Å². The Labute approximate surface area is 185 Å². The van der Waals surface area contributed by atoms with Crippen LogP contribution in [-0.4, -0.2) is 15.5 Å². The second-order valence-corrected chi connectivity index (χ2v) is 8.74. The number of nitrogens with two attached hydrogens (primary N) is 1. The molecule has 9 heteroatoms. The van der Waals surface area contributed by atoms with Gasteiger partial charge in [0, 0.05) is 33.4 Å². The SMILES string of the molecule is COc1cccc(CNc2ccc(S(N)(=O)=O)cc2)c1OCc1c(Cl)cccc1Cl. The molecule has 158 valence electrons. The van der Waals surface area contributed by atoms with Gasteiger partial charge in [-0.25, -0.2) is 13.6 Å². The van der Waals surface area contributed by atoms with Gasteiger partial charge in [-0.1, -0.05) is 41.4 Å². The Hall–Kier alpha value is -2.45. The average Bonchev–Trinajstić information content (AvgIpc) is 2.72. The largest absolute Gasteiger partial charge is 0.493 e. The first kappa shape index (κ1) is 22.2. The molecule has 0 aromatic heterocycles. The van der Waals surface area contributed by atoms with Crippen LogP contribution < -0.4 is 19.9 Å². The van der Waals surface area contributed by atoms with E-state index in [0.717, 1.165) is 11.3 Å². The molecule has 0 saturated heterocycles. The van der Waals surface area contributed by atoms with E-state index in [4.69, 9.17) is 37.8 Å². The standard InChI is InChI=1S/C21H20Cl2N2O4S/c1-28-20-7-2-4-14(12-25-15-8-10-16(11-9-15)30(24,26)27)21(20)29-13-17-18(22)5-3-6-19(17)23/h2-11,25H,12-13H2,1H3,(H2,24,26,27). The number of benzene rings is 3. The number of sulfonamides is 1. The minimum absolute atomic E-state index is 0.0510. The normalized spacial score (nSPS) is 11.2. The van der Waals surface area contributed by atoms with Gasteiger partial charge in [0.2, 0.25) is 10.0 Å². The molecule has 0 aliphatic rings. The molecule has 0 aliphatic heterocycles. The molecule has 3 aromatic rings. The smallest absolute Gasteiger partial charge is 0.238 e. The highest BCUT2D eigenvalue weighted by molar-refractivity contribution is 7.89. The number of anilines is 1. The van der Waals surface area contributed by atoms with Crippen molar-refractivity contribution >= 4 is 38.9 Å². The van der Waals surface area contributed by atoms with E-state index in [0.29, 0.717) is 33.7 Å². The Morgan fingerprint density at radius 1 is 0.967 bits per heavy atom. The summed E-state index contributed by atoms with van der Waals surface area (Å²) in [5, 5.41) is 9.40. The van der Waals surface area contributed by atoms with Crippen molar-refractivity contribution in [2.24, 2.45) is 5.14 Å². The lowest BCUT2D eigenvalue weighted by Gasteiger charge is -2.17. The van der Waals surface area contributed by atoms with E-state index >= 15 is 0 Å². The van der Waals surface area contributed by atoms with Crippen molar-refractivity contribution in [1.82, 2.24) is 0 Å². The lowest BCUT2D eigenvalue weighted by atomic mass is 10.1. The van der Waals surface area contributed by atoms with Gasteiger partial charge in [0.1, 0.15) is 6.61 Å². The van der Waals surface area contributed by atoms with Crippen molar-refractivity contribution in [1.29, 1.82) is 0 Å². The fraction of sp³-hybridized carbons (Fsp3) is 0.143. The van der Waals surface area contributed by atoms with Crippen molar-refractivity contribution in [3.8, 4) is 11.5 Å². The van der Waals surface area contributed by atoms with E-state index in [9.17, 15) is 8.42 Å². The maximum absolute atomic E-state index is 11.4. The molecule has 0 bridgehead atoms. The Morgan fingerprint density at radius 2 is 1.60 bits per heavy atom. The van der Waals surface area contributed by atoms with Crippen LogP contribution in [0.15, 0.2) is 65.6 Å². The summed E-state index contributed by atoms with van der Waals surface area (Å²) >= 11 is 12.5. The minimum atomic E-state index is -3.73. The van der Waals surface area contributed by atoms with Crippen LogP contribution in [0.1, 0.15) is 11.1 Å². The summed E-state index contributed by atoms with van der Waals surface area (Å²) in [6.45, 7) is 0.590. The molecule has 0 atom stereocenters. The molecule has 0 heterocycles. The van der Waals surface area contributed by atoms with E-state index in [1.54, 1.807) is 43.5 Å². The average molecular weight is 467 g/mol. The van der Waals surface area contributed by atoms with E-state index in [1.807, 2.05) is 12.1 Å². The second kappa shape index (κ2) is 9.57. The molecule has 0 saturated carbocycles. The van der Waals surface area contributed by atoms with Gasteiger partial charge in [-0.05, 0) is 42.5 Å². The summed E-state index contributed by atoms with van der Waals surface area (Å²) < 4.78 is 34.2. The fourth-order valence-corrected chi connectivity index (χ4v) is 3.82. The molecular weight excluding hydrogens is 447 g/mol. The van der Waals surface area contributed by atoms with Crippen molar-refractivity contribution in [2.75, 3.05) is 12.4 Å². The number of rotatable bonds is 8. The number of nitrogens with one attached hydrogen (secondary N) is 1. The molecule has 3 rings (SSSR count). The summed E-state index contributed by atoms with van der Waals surface area (Å²) in [7, 11) is -2.17. The van der Waals surface area contributed by atoms with Crippen LogP contribution in [-0.2, 0) is 23.2 Å². The molecule has 3 N–H and O–H groups in total. The minimum Gasteiger partial charge on any atom is -0.493 e. The Bertz CT molecular complexity index is 1120. The number of halogens is 2. The number of para-hydroxylation sites is 1. The van der Waals surface area contributed by atoms with Gasteiger partial charge in [0.25, 0.3) is 0 Å². The molecule has 0 radical (unpaired) electrons. The van der Waals surface area contributed by atoms with Crippen molar-refractivity contribution in [3.05, 3.63) is 81.8 Å². The van der Waals surface area contributed by atoms with E-state index in [-0.39, 0.29) is 11.5 Å². The Morgan fingerprint density at radius 3 is 2.20 bits per heavy atom. The lowest BCUT2D eigenvalue weighted by molar-refractivity contribution is 0.282. The maximum Gasteiger partial charge on any atom is 0.238 e. The van der Waals surface area contributed by atoms with Crippen LogP contribution in [0.3, 0.4) is 0 Å². The van der Waals surface area contributed by atoms with Crippen molar-refractivity contribution in [2.45, 2.75) is 18.0 Å². The Balaban J connectivity index is 1.78. The molecule has 6 nitrogen and oxygen atoms in total. The Kier molecular flexibility index (Phi) is 7.10. The summed E-state index contributed by atoms with van der Waals surface area (Å²) in [4.78, 5) is 0.0510. The third-order valence-corrected chi connectivity index (χ3v) is 6.01. The topological polar surface area (TPSA) is 90.6 Å². The number of hydrogen-bond donors (Lipinski definition) is 2. The summed E-state index contributed by atoms with van der Waals surface area (Å²) in [5.41, 5.74) is 2.25. The van der Waals surface area contributed by atoms with Crippen LogP contribution >= 0.6 is 23.2 Å². The van der Waals surface area contributed by atoms with Crippen molar-refractivity contribution < 1.29 is 17.9 Å². The summed E-state index contributed by atoms with van der Waals surface area (Å²) in [5.74, 6) is 1.13. The van der Waals surface area contributed by atoms with Gasteiger partial charge in [-0.2, -0.15) is 0 Å². The maximum atomic E-state index is 11.4.